The Bertz CT molecular complexity index is 1250. The van der Waals surface area contributed by atoms with Gasteiger partial charge in [0.2, 0.25) is 0 Å². The van der Waals surface area contributed by atoms with Gasteiger partial charge in [-0.3, -0.25) is 4.79 Å². The Morgan fingerprint density at radius 3 is 2.47 bits per heavy atom. The zero-order chi connectivity index (χ0) is 23.9. The number of ether oxygens (including phenoxy) is 1. The van der Waals surface area contributed by atoms with Crippen molar-refractivity contribution in [2.45, 2.75) is 18.9 Å². The highest BCUT2D eigenvalue weighted by Gasteiger charge is 2.25. The quantitative estimate of drug-likeness (QED) is 0.348. The summed E-state index contributed by atoms with van der Waals surface area (Å²) in [5, 5.41) is 5.77. The first-order valence-electron chi connectivity index (χ1n) is 11.2. The maximum absolute atomic E-state index is 9.06. The fourth-order valence-electron chi connectivity index (χ4n) is 4.10. The number of nitrogens with two attached hydrogens (primary N) is 1. The van der Waals surface area contributed by atoms with Gasteiger partial charge in [-0.25, -0.2) is 14.6 Å². The minimum Gasteiger partial charge on any atom is -0.457 e. The molecule has 34 heavy (non-hydrogen) atoms. The molecule has 1 unspecified atom stereocenters. The molecule has 174 valence electrons. The van der Waals surface area contributed by atoms with Crippen LogP contribution in [0.2, 0.25) is 0 Å². The predicted octanol–water partition coefficient (Wildman–Crippen LogP) is 4.51. The van der Waals surface area contributed by atoms with Crippen LogP contribution in [0.3, 0.4) is 0 Å². The summed E-state index contributed by atoms with van der Waals surface area (Å²) in [4.78, 5) is 20.1. The third-order valence-corrected chi connectivity index (χ3v) is 5.67. The number of fused-ring (bicyclic) bond motifs is 1. The number of carbonyl (C=O) groups excluding carboxylic acids is 1. The van der Waals surface area contributed by atoms with Crippen molar-refractivity contribution >= 4 is 23.1 Å². The van der Waals surface area contributed by atoms with Gasteiger partial charge in [-0.05, 0) is 68.9 Å². The molecule has 1 fully saturated rings. The van der Waals surface area contributed by atoms with Crippen molar-refractivity contribution in [2.75, 3.05) is 25.9 Å². The summed E-state index contributed by atoms with van der Waals surface area (Å²) in [5.41, 5.74) is 8.82. The molecular weight excluding hydrogens is 428 g/mol. The molecule has 0 saturated carbocycles. The number of carbonyl (C=O) groups is 1. The average Bonchev–Trinajstić information content (AvgIpc) is 3.26. The van der Waals surface area contributed by atoms with Crippen molar-refractivity contribution in [3.8, 4) is 22.8 Å². The number of piperidine rings is 1. The molecule has 1 saturated heterocycles. The smallest absolute Gasteiger partial charge is 0.164 e. The summed E-state index contributed by atoms with van der Waals surface area (Å²) in [6, 6.07) is 17.9. The summed E-state index contributed by atoms with van der Waals surface area (Å²) >= 11 is 0. The standard InChI is InChI=1S/C23H24N6O.C3H4O/c1-28-13-5-6-17(14-28)29-23-20(22(24)25-15-26-23)21(27-29)16-9-11-19(12-10-16)30-18-7-3-2-4-8-18;1-2-3-4/h2-4,7-12,15,17H,5-6,13-14H2,1H3,(H2,24,25,26);2-3H,1H2. The Kier molecular flexibility index (Phi) is 7.29. The fourth-order valence-corrected chi connectivity index (χ4v) is 4.10. The van der Waals surface area contributed by atoms with Gasteiger partial charge in [0, 0.05) is 12.1 Å². The molecular formula is C26H28N6O2. The van der Waals surface area contributed by atoms with Crippen LogP contribution in [0.25, 0.3) is 22.3 Å². The molecule has 0 spiro atoms. The molecule has 2 aromatic heterocycles. The van der Waals surface area contributed by atoms with Gasteiger partial charge in [-0.2, -0.15) is 5.10 Å². The van der Waals surface area contributed by atoms with E-state index in [1.54, 1.807) is 0 Å². The van der Waals surface area contributed by atoms with Crippen LogP contribution in [0.1, 0.15) is 18.9 Å². The van der Waals surface area contributed by atoms with Crippen LogP contribution < -0.4 is 10.5 Å². The number of nitrogens with zero attached hydrogens (tertiary/aromatic N) is 5. The molecule has 0 bridgehead atoms. The molecule has 2 N–H and O–H groups in total. The SMILES string of the molecule is C=CC=O.CN1CCCC(n2nc(-c3ccc(Oc4ccccc4)cc3)c3c(N)ncnc32)C1. The Labute approximate surface area is 198 Å². The Morgan fingerprint density at radius 1 is 1.09 bits per heavy atom. The summed E-state index contributed by atoms with van der Waals surface area (Å²) in [7, 11) is 2.15. The number of aldehydes is 1. The lowest BCUT2D eigenvalue weighted by molar-refractivity contribution is -0.104. The van der Waals surface area contributed by atoms with Gasteiger partial charge in [0.05, 0.1) is 11.4 Å². The molecule has 8 heteroatoms. The van der Waals surface area contributed by atoms with Crippen LogP contribution in [0, 0.1) is 0 Å². The van der Waals surface area contributed by atoms with E-state index in [2.05, 4.69) is 28.5 Å². The number of rotatable bonds is 5. The third-order valence-electron chi connectivity index (χ3n) is 5.67. The molecule has 5 rings (SSSR count). The van der Waals surface area contributed by atoms with E-state index < -0.39 is 0 Å². The lowest BCUT2D eigenvalue weighted by atomic mass is 10.1. The van der Waals surface area contributed by atoms with Gasteiger partial charge in [0.25, 0.3) is 0 Å². The van der Waals surface area contributed by atoms with Crippen molar-refractivity contribution in [1.29, 1.82) is 0 Å². The van der Waals surface area contributed by atoms with Gasteiger partial charge >= 0.3 is 0 Å². The fraction of sp³-hybridized carbons (Fsp3) is 0.231. The molecule has 1 aliphatic heterocycles. The normalized spacial score (nSPS) is 15.9. The summed E-state index contributed by atoms with van der Waals surface area (Å²) < 4.78 is 7.95. The summed E-state index contributed by atoms with van der Waals surface area (Å²) in [5.74, 6) is 2.03. The number of aromatic nitrogens is 4. The van der Waals surface area contributed by atoms with E-state index in [1.807, 2.05) is 59.3 Å². The van der Waals surface area contributed by atoms with Gasteiger partial charge in [-0.1, -0.05) is 24.8 Å². The van der Waals surface area contributed by atoms with E-state index in [1.165, 1.54) is 12.4 Å². The number of likely N-dealkylation sites (tertiary alicyclic amines) is 1. The first-order valence-corrected chi connectivity index (χ1v) is 11.2. The van der Waals surface area contributed by atoms with E-state index in [0.29, 0.717) is 12.1 Å². The van der Waals surface area contributed by atoms with Crippen LogP contribution in [-0.2, 0) is 4.79 Å². The number of para-hydroxylation sites is 1. The van der Waals surface area contributed by atoms with Crippen molar-refractivity contribution in [3.05, 3.63) is 73.6 Å². The lowest BCUT2D eigenvalue weighted by Crippen LogP contribution is -2.34. The van der Waals surface area contributed by atoms with Gasteiger partial charge < -0.3 is 15.4 Å². The number of likely N-dealkylation sites (N-methyl/N-ethyl adjacent to an activating group) is 1. The highest BCUT2D eigenvalue weighted by Crippen LogP contribution is 2.34. The molecule has 3 heterocycles. The molecule has 0 amide bonds. The molecule has 1 aliphatic rings. The van der Waals surface area contributed by atoms with Crippen LogP contribution in [0.4, 0.5) is 5.82 Å². The highest BCUT2D eigenvalue weighted by molar-refractivity contribution is 5.98. The topological polar surface area (TPSA) is 99.2 Å². The molecule has 1 atom stereocenters. The number of nitrogen functional groups attached to an aromatic ring is 1. The van der Waals surface area contributed by atoms with Gasteiger partial charge in [0.1, 0.15) is 35.6 Å². The first-order chi connectivity index (χ1) is 16.6. The van der Waals surface area contributed by atoms with Gasteiger partial charge in [0.15, 0.2) is 5.65 Å². The second kappa shape index (κ2) is 10.7. The minimum absolute atomic E-state index is 0.273. The first kappa shape index (κ1) is 23.1. The minimum atomic E-state index is 0.273. The monoisotopic (exact) mass is 456 g/mol. The van der Waals surface area contributed by atoms with E-state index in [-0.39, 0.29) is 6.04 Å². The molecule has 2 aromatic carbocycles. The van der Waals surface area contributed by atoms with Crippen LogP contribution in [-0.4, -0.2) is 51.1 Å². The van der Waals surface area contributed by atoms with Crippen molar-refractivity contribution in [3.63, 3.8) is 0 Å². The van der Waals surface area contributed by atoms with Crippen molar-refractivity contribution < 1.29 is 9.53 Å². The highest BCUT2D eigenvalue weighted by atomic mass is 16.5. The Hall–Kier alpha value is -4.04. The molecule has 4 aromatic rings. The van der Waals surface area contributed by atoms with E-state index in [9.17, 15) is 0 Å². The van der Waals surface area contributed by atoms with E-state index >= 15 is 0 Å². The Morgan fingerprint density at radius 2 is 1.79 bits per heavy atom. The maximum atomic E-state index is 9.06. The molecule has 0 aliphatic carbocycles. The predicted molar refractivity (Wildman–Crippen MR) is 134 cm³/mol. The Balaban J connectivity index is 0.000000636. The number of hydrogen-bond donors (Lipinski definition) is 1. The zero-order valence-electron chi connectivity index (χ0n) is 19.2. The maximum Gasteiger partial charge on any atom is 0.164 e. The summed E-state index contributed by atoms with van der Waals surface area (Å²) in [6.45, 7) is 5.17. The lowest BCUT2D eigenvalue weighted by Gasteiger charge is -2.29. The summed E-state index contributed by atoms with van der Waals surface area (Å²) in [6.07, 6.45) is 5.57. The zero-order valence-corrected chi connectivity index (χ0v) is 19.2. The molecule has 0 radical (unpaired) electrons. The van der Waals surface area contributed by atoms with E-state index in [4.69, 9.17) is 20.4 Å². The number of benzene rings is 2. The van der Waals surface area contributed by atoms with Crippen molar-refractivity contribution in [1.82, 2.24) is 24.6 Å². The largest absolute Gasteiger partial charge is 0.457 e. The van der Waals surface area contributed by atoms with Crippen LogP contribution in [0.15, 0.2) is 73.6 Å². The van der Waals surface area contributed by atoms with Crippen molar-refractivity contribution in [2.24, 2.45) is 0 Å². The molecule has 8 nitrogen and oxygen atoms in total. The third kappa shape index (κ3) is 5.13. The van der Waals surface area contributed by atoms with Gasteiger partial charge in [-0.15, -0.1) is 0 Å². The number of hydrogen-bond acceptors (Lipinski definition) is 7. The average molecular weight is 457 g/mol. The number of anilines is 1. The second-order valence-corrected chi connectivity index (χ2v) is 8.12. The van der Waals surface area contributed by atoms with Crippen LogP contribution in [0.5, 0.6) is 11.5 Å². The number of allylic oxidation sites excluding steroid dienone is 1. The van der Waals surface area contributed by atoms with E-state index in [0.717, 1.165) is 59.7 Å². The van der Waals surface area contributed by atoms with Crippen LogP contribution >= 0.6 is 0 Å². The second-order valence-electron chi connectivity index (χ2n) is 8.12.